The zero-order chi connectivity index (χ0) is 25.9. The number of benzene rings is 2. The topological polar surface area (TPSA) is 54.8 Å². The van der Waals surface area contributed by atoms with Crippen LogP contribution >= 0.6 is 11.6 Å². The first kappa shape index (κ1) is 25.6. The number of halogens is 3. The number of methoxy groups -OCH3 is 1. The van der Waals surface area contributed by atoms with Gasteiger partial charge in [0.15, 0.2) is 17.3 Å². The van der Waals surface area contributed by atoms with Crippen LogP contribution in [0.4, 0.5) is 8.78 Å². The number of aliphatic hydroxyl groups excluding tert-OH is 1. The van der Waals surface area contributed by atoms with E-state index < -0.39 is 17.7 Å². The Kier molecular flexibility index (Phi) is 7.74. The molecule has 5 nitrogen and oxygen atoms in total. The maximum atomic E-state index is 13.9. The van der Waals surface area contributed by atoms with Crippen LogP contribution in [-0.4, -0.2) is 54.4 Å². The number of rotatable bonds is 6. The first-order chi connectivity index (χ1) is 17.9. The standard InChI is InChI=1S/C29H29ClF2N2O3/c1-36-29-25(9-8-24(31)27(29)32)37-17-22(35)16-34-13-10-18(11-14-34)26-23-7-6-21(30)15-20(23)5-4-19-3-2-12-33-28(19)26/h2-3,6-9,12,15,22,35H,4-5,10-11,13-14,16-17H2,1H3. The fourth-order valence-corrected chi connectivity index (χ4v) is 5.44. The monoisotopic (exact) mass is 526 g/mol. The largest absolute Gasteiger partial charge is 0.490 e. The van der Waals surface area contributed by atoms with Gasteiger partial charge < -0.3 is 14.6 Å². The second kappa shape index (κ2) is 11.2. The molecule has 1 aliphatic heterocycles. The highest BCUT2D eigenvalue weighted by molar-refractivity contribution is 6.30. The van der Waals surface area contributed by atoms with Gasteiger partial charge in [-0.1, -0.05) is 29.3 Å². The van der Waals surface area contributed by atoms with Gasteiger partial charge in [0, 0.05) is 36.4 Å². The molecule has 2 heterocycles. The van der Waals surface area contributed by atoms with Gasteiger partial charge in [-0.3, -0.25) is 9.88 Å². The lowest BCUT2D eigenvalue weighted by atomic mass is 9.88. The number of nitrogens with zero attached hydrogens (tertiary/aromatic N) is 2. The van der Waals surface area contributed by atoms with Crippen LogP contribution in [0, 0.1) is 11.6 Å². The van der Waals surface area contributed by atoms with E-state index in [2.05, 4.69) is 23.1 Å². The Morgan fingerprint density at radius 1 is 1.05 bits per heavy atom. The Labute approximate surface area is 220 Å². The van der Waals surface area contributed by atoms with Gasteiger partial charge in [0.1, 0.15) is 12.7 Å². The summed E-state index contributed by atoms with van der Waals surface area (Å²) in [4.78, 5) is 6.98. The van der Waals surface area contributed by atoms with Crippen molar-refractivity contribution in [1.82, 2.24) is 9.88 Å². The number of hydrogen-bond donors (Lipinski definition) is 1. The summed E-state index contributed by atoms with van der Waals surface area (Å²) in [7, 11) is 1.25. The summed E-state index contributed by atoms with van der Waals surface area (Å²) in [5, 5.41) is 11.3. The third kappa shape index (κ3) is 5.49. The summed E-state index contributed by atoms with van der Waals surface area (Å²) in [6.45, 7) is 1.93. The zero-order valence-electron chi connectivity index (χ0n) is 20.6. The molecule has 0 bridgehead atoms. The number of fused-ring (bicyclic) bond motifs is 2. The number of piperidine rings is 1. The van der Waals surface area contributed by atoms with Crippen molar-refractivity contribution in [2.45, 2.75) is 31.8 Å². The molecule has 0 spiro atoms. The second-order valence-electron chi connectivity index (χ2n) is 9.45. The SMILES string of the molecule is COc1c(OCC(O)CN2CCC(=C3c4ccc(Cl)cc4CCc4cccnc43)CC2)ccc(F)c1F. The van der Waals surface area contributed by atoms with E-state index in [1.54, 1.807) is 0 Å². The maximum absolute atomic E-state index is 13.9. The van der Waals surface area contributed by atoms with Gasteiger partial charge in [-0.25, -0.2) is 4.39 Å². The molecule has 3 aromatic rings. The minimum atomic E-state index is -1.11. The lowest BCUT2D eigenvalue weighted by molar-refractivity contribution is 0.0644. The van der Waals surface area contributed by atoms with E-state index in [-0.39, 0.29) is 18.1 Å². The normalized spacial score (nSPS) is 16.6. The summed E-state index contributed by atoms with van der Waals surface area (Å²) < 4.78 is 37.8. The third-order valence-corrected chi connectivity index (χ3v) is 7.29. The van der Waals surface area contributed by atoms with Crippen molar-refractivity contribution in [2.75, 3.05) is 33.4 Å². The molecule has 2 aliphatic rings. The van der Waals surface area contributed by atoms with Crippen LogP contribution in [0.3, 0.4) is 0 Å². The Balaban J connectivity index is 1.28. The van der Waals surface area contributed by atoms with Crippen LogP contribution in [0.2, 0.25) is 5.02 Å². The molecule has 1 saturated heterocycles. The van der Waals surface area contributed by atoms with Gasteiger partial charge in [0.25, 0.3) is 0 Å². The molecule has 5 rings (SSSR count). The smallest absolute Gasteiger partial charge is 0.204 e. The van der Waals surface area contributed by atoms with Gasteiger partial charge in [-0.05, 0) is 72.7 Å². The molecule has 0 saturated carbocycles. The average molecular weight is 527 g/mol. The van der Waals surface area contributed by atoms with Crippen molar-refractivity contribution >= 4 is 17.2 Å². The number of ether oxygens (including phenoxy) is 2. The molecule has 1 unspecified atom stereocenters. The van der Waals surface area contributed by atoms with Crippen LogP contribution < -0.4 is 9.47 Å². The lowest BCUT2D eigenvalue weighted by Gasteiger charge is -2.31. The number of aromatic nitrogens is 1. The summed E-state index contributed by atoms with van der Waals surface area (Å²) in [6.07, 6.45) is 4.63. The first-order valence-corrected chi connectivity index (χ1v) is 12.8. The van der Waals surface area contributed by atoms with Crippen molar-refractivity contribution in [3.8, 4) is 11.5 Å². The van der Waals surface area contributed by atoms with Crippen LogP contribution in [0.15, 0.2) is 54.2 Å². The highest BCUT2D eigenvalue weighted by Crippen LogP contribution is 2.38. The average Bonchev–Trinajstić information content (AvgIpc) is 3.06. The summed E-state index contributed by atoms with van der Waals surface area (Å²) in [6, 6.07) is 12.6. The second-order valence-corrected chi connectivity index (χ2v) is 9.89. The van der Waals surface area contributed by atoms with Crippen molar-refractivity contribution in [3.05, 3.63) is 93.3 Å². The molecule has 1 aromatic heterocycles. The molecule has 2 aromatic carbocycles. The van der Waals surface area contributed by atoms with Gasteiger partial charge >= 0.3 is 0 Å². The summed E-state index contributed by atoms with van der Waals surface area (Å²) >= 11 is 6.32. The molecule has 0 radical (unpaired) electrons. The lowest BCUT2D eigenvalue weighted by Crippen LogP contribution is -2.39. The number of hydrogen-bond acceptors (Lipinski definition) is 5. The van der Waals surface area contributed by atoms with E-state index in [1.165, 1.54) is 41.0 Å². The molecule has 1 atom stereocenters. The quantitative estimate of drug-likeness (QED) is 0.462. The van der Waals surface area contributed by atoms with Crippen LogP contribution in [-0.2, 0) is 12.8 Å². The number of β-amino-alcohol motifs (C(OH)–C–C–N with tert-alkyl or cyclic N) is 1. The van der Waals surface area contributed by atoms with E-state index in [4.69, 9.17) is 26.1 Å². The number of pyridine rings is 1. The number of aliphatic hydroxyl groups is 1. The molecule has 8 heteroatoms. The molecule has 1 fully saturated rings. The molecule has 1 N–H and O–H groups in total. The van der Waals surface area contributed by atoms with E-state index in [0.29, 0.717) is 6.54 Å². The summed E-state index contributed by atoms with van der Waals surface area (Å²) in [5.74, 6) is -2.37. The van der Waals surface area contributed by atoms with E-state index in [9.17, 15) is 13.9 Å². The molecule has 194 valence electrons. The fraction of sp³-hybridized carbons (Fsp3) is 0.345. The van der Waals surface area contributed by atoms with Crippen LogP contribution in [0.5, 0.6) is 11.5 Å². The third-order valence-electron chi connectivity index (χ3n) is 7.06. The Bertz CT molecular complexity index is 1320. The highest BCUT2D eigenvalue weighted by Gasteiger charge is 2.26. The minimum Gasteiger partial charge on any atom is -0.490 e. The van der Waals surface area contributed by atoms with Crippen LogP contribution in [0.1, 0.15) is 35.2 Å². The summed E-state index contributed by atoms with van der Waals surface area (Å²) in [5.41, 5.74) is 7.34. The molecule has 0 amide bonds. The van der Waals surface area contributed by atoms with Gasteiger partial charge in [-0.2, -0.15) is 4.39 Å². The van der Waals surface area contributed by atoms with Crippen molar-refractivity contribution < 1.29 is 23.4 Å². The van der Waals surface area contributed by atoms with E-state index in [0.717, 1.165) is 55.6 Å². The van der Waals surface area contributed by atoms with Crippen molar-refractivity contribution in [2.24, 2.45) is 0 Å². The van der Waals surface area contributed by atoms with Gasteiger partial charge in [0.2, 0.25) is 5.82 Å². The van der Waals surface area contributed by atoms with Crippen molar-refractivity contribution in [3.63, 3.8) is 0 Å². The predicted molar refractivity (Wildman–Crippen MR) is 139 cm³/mol. The van der Waals surface area contributed by atoms with Crippen molar-refractivity contribution in [1.29, 1.82) is 0 Å². The number of likely N-dealkylation sites (tertiary alicyclic amines) is 1. The molecule has 37 heavy (non-hydrogen) atoms. The Morgan fingerprint density at radius 3 is 2.62 bits per heavy atom. The maximum Gasteiger partial charge on any atom is 0.204 e. The van der Waals surface area contributed by atoms with Gasteiger partial charge in [0.05, 0.1) is 12.8 Å². The van der Waals surface area contributed by atoms with E-state index in [1.807, 2.05) is 18.3 Å². The first-order valence-electron chi connectivity index (χ1n) is 12.4. The fourth-order valence-electron chi connectivity index (χ4n) is 5.24. The highest BCUT2D eigenvalue weighted by atomic mass is 35.5. The molecular weight excluding hydrogens is 498 g/mol. The van der Waals surface area contributed by atoms with E-state index >= 15 is 0 Å². The number of aryl methyl sites for hydroxylation is 2. The Hall–Kier alpha value is -3.00. The van der Waals surface area contributed by atoms with Crippen LogP contribution in [0.25, 0.3) is 5.57 Å². The Morgan fingerprint density at radius 2 is 1.84 bits per heavy atom. The minimum absolute atomic E-state index is 0.0582. The molecular formula is C29H29ClF2N2O3. The molecule has 1 aliphatic carbocycles. The predicted octanol–water partition coefficient (Wildman–Crippen LogP) is 5.46. The zero-order valence-corrected chi connectivity index (χ0v) is 21.4. The van der Waals surface area contributed by atoms with Gasteiger partial charge in [-0.15, -0.1) is 0 Å².